The second-order valence-electron chi connectivity index (χ2n) is 3.15. The van der Waals surface area contributed by atoms with Crippen molar-refractivity contribution in [3.63, 3.8) is 0 Å². The van der Waals surface area contributed by atoms with Gasteiger partial charge < -0.3 is 9.47 Å². The topological polar surface area (TPSA) is 69.7 Å². The van der Waals surface area contributed by atoms with Gasteiger partial charge in [0, 0.05) is 6.92 Å². The van der Waals surface area contributed by atoms with Crippen LogP contribution in [0, 0.1) is 0 Å². The van der Waals surface area contributed by atoms with Crippen LogP contribution in [0.2, 0.25) is 0 Å². The summed E-state index contributed by atoms with van der Waals surface area (Å²) in [6.45, 7) is 5.40. The Balaban J connectivity index is 0. The lowest BCUT2D eigenvalue weighted by Gasteiger charge is -1.96. The molecule has 0 spiro atoms. The minimum Gasteiger partial charge on any atom is -0.469 e. The number of rotatable bonds is 5. The number of methoxy groups -OCH3 is 1. The van der Waals surface area contributed by atoms with Gasteiger partial charge in [0.2, 0.25) is 0 Å². The molecule has 0 aromatic rings. The van der Waals surface area contributed by atoms with Crippen LogP contribution in [0.5, 0.6) is 0 Å². The Morgan fingerprint density at radius 1 is 1.12 bits per heavy atom. The van der Waals surface area contributed by atoms with E-state index in [9.17, 15) is 14.4 Å². The van der Waals surface area contributed by atoms with Crippen molar-refractivity contribution in [2.75, 3.05) is 13.7 Å². The van der Waals surface area contributed by atoms with E-state index in [4.69, 9.17) is 0 Å². The Labute approximate surface area is 96.1 Å². The van der Waals surface area contributed by atoms with Gasteiger partial charge in [0.15, 0.2) is 0 Å². The predicted molar refractivity (Wildman–Crippen MR) is 58.9 cm³/mol. The highest BCUT2D eigenvalue weighted by Gasteiger charge is 2.01. The van der Waals surface area contributed by atoms with Crippen LogP contribution in [0.4, 0.5) is 0 Å². The molecule has 0 heterocycles. The summed E-state index contributed by atoms with van der Waals surface area (Å²) in [5.74, 6) is -0.826. The van der Waals surface area contributed by atoms with Crippen molar-refractivity contribution in [2.45, 2.75) is 40.0 Å². The highest BCUT2D eigenvalue weighted by molar-refractivity contribution is 5.93. The summed E-state index contributed by atoms with van der Waals surface area (Å²) < 4.78 is 8.84. The van der Waals surface area contributed by atoms with Crippen molar-refractivity contribution >= 4 is 17.7 Å². The number of esters is 2. The number of hydrogen-bond acceptors (Lipinski definition) is 5. The average Bonchev–Trinajstić information content (AvgIpc) is 2.17. The largest absolute Gasteiger partial charge is 0.469 e. The van der Waals surface area contributed by atoms with E-state index in [-0.39, 0.29) is 18.2 Å². The SMILES string of the molecule is CCCCOC(C)=O.COC(=O)CC(C)=O. The molecule has 0 saturated heterocycles. The lowest BCUT2D eigenvalue weighted by molar-refractivity contribution is -0.143. The van der Waals surface area contributed by atoms with Crippen LogP contribution in [-0.4, -0.2) is 31.4 Å². The van der Waals surface area contributed by atoms with Crippen molar-refractivity contribution in [3.8, 4) is 0 Å². The van der Waals surface area contributed by atoms with Gasteiger partial charge in [-0.15, -0.1) is 0 Å². The van der Waals surface area contributed by atoms with Crippen molar-refractivity contribution in [3.05, 3.63) is 0 Å². The molecule has 0 atom stereocenters. The standard InChI is InChI=1S/C6H12O2.C5H8O3/c1-3-4-5-8-6(2)7;1-4(6)3-5(7)8-2/h3-5H2,1-2H3;3H2,1-2H3. The van der Waals surface area contributed by atoms with E-state index in [2.05, 4.69) is 16.4 Å². The maximum absolute atomic E-state index is 10.2. The summed E-state index contributed by atoms with van der Waals surface area (Å²) in [5, 5.41) is 0. The maximum Gasteiger partial charge on any atom is 0.313 e. The van der Waals surface area contributed by atoms with Gasteiger partial charge in [0.05, 0.1) is 13.7 Å². The maximum atomic E-state index is 10.2. The fraction of sp³-hybridized carbons (Fsp3) is 0.727. The fourth-order valence-electron chi connectivity index (χ4n) is 0.636. The lowest BCUT2D eigenvalue weighted by Crippen LogP contribution is -2.05. The van der Waals surface area contributed by atoms with E-state index in [0.717, 1.165) is 12.8 Å². The summed E-state index contributed by atoms with van der Waals surface area (Å²) in [4.78, 5) is 30.4. The Bertz CT molecular complexity index is 222. The minimum atomic E-state index is -0.475. The molecular weight excluding hydrogens is 212 g/mol. The molecule has 0 rings (SSSR count). The Kier molecular flexibility index (Phi) is 12.4. The Morgan fingerprint density at radius 3 is 1.94 bits per heavy atom. The molecule has 5 nitrogen and oxygen atoms in total. The van der Waals surface area contributed by atoms with Crippen LogP contribution in [0.15, 0.2) is 0 Å². The number of carbonyl (C=O) groups excluding carboxylic acids is 3. The van der Waals surface area contributed by atoms with E-state index in [1.165, 1.54) is 21.0 Å². The third kappa shape index (κ3) is 18.4. The summed E-state index contributed by atoms with van der Waals surface area (Å²) in [6.07, 6.45) is 1.93. The number of ketones is 1. The lowest BCUT2D eigenvalue weighted by atomic mass is 10.3. The number of ether oxygens (including phenoxy) is 2. The molecule has 5 heteroatoms. The highest BCUT2D eigenvalue weighted by Crippen LogP contribution is 1.86. The zero-order valence-corrected chi connectivity index (χ0v) is 10.4. The zero-order chi connectivity index (χ0) is 13.0. The smallest absolute Gasteiger partial charge is 0.313 e. The molecule has 0 aliphatic rings. The molecule has 0 aliphatic carbocycles. The van der Waals surface area contributed by atoms with Crippen LogP contribution in [-0.2, 0) is 23.9 Å². The van der Waals surface area contributed by atoms with Gasteiger partial charge in [-0.25, -0.2) is 0 Å². The van der Waals surface area contributed by atoms with Gasteiger partial charge in [-0.2, -0.15) is 0 Å². The van der Waals surface area contributed by atoms with Crippen LogP contribution in [0.3, 0.4) is 0 Å². The molecule has 0 fully saturated rings. The first-order valence-corrected chi connectivity index (χ1v) is 5.13. The van der Waals surface area contributed by atoms with Crippen LogP contribution >= 0.6 is 0 Å². The summed E-state index contributed by atoms with van der Waals surface area (Å²) in [5.41, 5.74) is 0. The van der Waals surface area contributed by atoms with Gasteiger partial charge >= 0.3 is 11.9 Å². The normalized spacial score (nSPS) is 8.50. The van der Waals surface area contributed by atoms with Crippen LogP contribution < -0.4 is 0 Å². The molecule has 0 amide bonds. The first-order valence-electron chi connectivity index (χ1n) is 5.13. The highest BCUT2D eigenvalue weighted by atomic mass is 16.5. The van der Waals surface area contributed by atoms with Gasteiger partial charge in [0.1, 0.15) is 12.2 Å². The van der Waals surface area contributed by atoms with Crippen molar-refractivity contribution in [1.29, 1.82) is 0 Å². The first kappa shape index (κ1) is 17.0. The molecule has 0 aromatic heterocycles. The third-order valence-electron chi connectivity index (χ3n) is 1.42. The molecule has 0 aromatic carbocycles. The summed E-state index contributed by atoms with van der Waals surface area (Å²) >= 11 is 0. The molecule has 94 valence electrons. The Hall–Kier alpha value is -1.39. The van der Waals surface area contributed by atoms with Crippen LogP contribution in [0.25, 0.3) is 0 Å². The van der Waals surface area contributed by atoms with Gasteiger partial charge in [0.25, 0.3) is 0 Å². The second kappa shape index (κ2) is 11.7. The second-order valence-corrected chi connectivity index (χ2v) is 3.15. The molecule has 0 N–H and O–H groups in total. The van der Waals surface area contributed by atoms with Gasteiger partial charge in [-0.3, -0.25) is 14.4 Å². The van der Waals surface area contributed by atoms with E-state index < -0.39 is 5.97 Å². The van der Waals surface area contributed by atoms with Crippen molar-refractivity contribution in [1.82, 2.24) is 0 Å². The van der Waals surface area contributed by atoms with Crippen molar-refractivity contribution in [2.24, 2.45) is 0 Å². The van der Waals surface area contributed by atoms with Gasteiger partial charge in [-0.1, -0.05) is 13.3 Å². The van der Waals surface area contributed by atoms with Crippen LogP contribution in [0.1, 0.15) is 40.0 Å². The Morgan fingerprint density at radius 2 is 1.69 bits per heavy atom. The number of Topliss-reactive ketones (excluding diaryl/α,β-unsaturated/α-hetero) is 1. The third-order valence-corrected chi connectivity index (χ3v) is 1.42. The average molecular weight is 232 g/mol. The number of carbonyl (C=O) groups is 3. The van der Waals surface area contributed by atoms with E-state index in [1.807, 2.05) is 0 Å². The molecule has 0 bridgehead atoms. The molecule has 0 radical (unpaired) electrons. The zero-order valence-electron chi connectivity index (χ0n) is 10.4. The molecule has 0 aliphatic heterocycles. The summed E-state index contributed by atoms with van der Waals surface area (Å²) in [7, 11) is 1.26. The quantitative estimate of drug-likeness (QED) is 0.408. The minimum absolute atomic E-state index is 0.115. The number of unbranched alkanes of at least 4 members (excludes halogenated alkanes) is 1. The van der Waals surface area contributed by atoms with E-state index in [0.29, 0.717) is 6.61 Å². The molecule has 0 saturated carbocycles. The first-order chi connectivity index (χ1) is 7.43. The van der Waals surface area contributed by atoms with E-state index >= 15 is 0 Å². The molecule has 0 unspecified atom stereocenters. The predicted octanol–water partition coefficient (Wildman–Crippen LogP) is 1.49. The van der Waals surface area contributed by atoms with Crippen molar-refractivity contribution < 1.29 is 23.9 Å². The summed E-state index contributed by atoms with van der Waals surface area (Å²) in [6, 6.07) is 0. The fourth-order valence-corrected chi connectivity index (χ4v) is 0.636. The molecular formula is C11H20O5. The number of hydrogen-bond donors (Lipinski definition) is 0. The van der Waals surface area contributed by atoms with Gasteiger partial charge in [-0.05, 0) is 13.3 Å². The molecule has 16 heavy (non-hydrogen) atoms. The monoisotopic (exact) mass is 232 g/mol. The van der Waals surface area contributed by atoms with E-state index in [1.54, 1.807) is 0 Å².